The summed E-state index contributed by atoms with van der Waals surface area (Å²) in [7, 11) is 0. The Morgan fingerprint density at radius 3 is 1.64 bits per heavy atom. The van der Waals surface area contributed by atoms with Crippen LogP contribution < -0.4 is 4.74 Å². The molecule has 0 bridgehead atoms. The Labute approximate surface area is 198 Å². The summed E-state index contributed by atoms with van der Waals surface area (Å²) in [6.07, 6.45) is 16.9. The van der Waals surface area contributed by atoms with Gasteiger partial charge in [0, 0.05) is 11.1 Å². The monoisotopic (exact) mass is 441 g/mol. The topological polar surface area (TPSA) is 58.8 Å². The Morgan fingerprint density at radius 1 is 0.667 bits per heavy atom. The molecule has 0 amide bonds. The van der Waals surface area contributed by atoms with Gasteiger partial charge in [0.2, 0.25) is 0 Å². The van der Waals surface area contributed by atoms with E-state index in [4.69, 9.17) is 10.00 Å². The van der Waals surface area contributed by atoms with E-state index in [2.05, 4.69) is 23.0 Å². The highest BCUT2D eigenvalue weighted by Gasteiger charge is 2.04. The molecule has 4 heteroatoms. The zero-order chi connectivity index (χ0) is 23.1. The first-order valence-corrected chi connectivity index (χ1v) is 12.4. The van der Waals surface area contributed by atoms with Crippen molar-refractivity contribution < 1.29 is 4.74 Å². The number of hydrogen-bond donors (Lipinski definition) is 0. The molecule has 0 atom stereocenters. The maximum absolute atomic E-state index is 8.92. The maximum atomic E-state index is 8.92. The number of aromatic nitrogens is 2. The number of nitriles is 1. The fraction of sp³-hybridized carbons (Fsp3) is 0.414. The lowest BCUT2D eigenvalue weighted by Gasteiger charge is -2.08. The Balaban J connectivity index is 1.36. The molecule has 4 nitrogen and oxygen atoms in total. The van der Waals surface area contributed by atoms with E-state index in [1.807, 2.05) is 36.4 Å². The van der Waals surface area contributed by atoms with Gasteiger partial charge < -0.3 is 4.74 Å². The molecule has 0 spiro atoms. The number of nitrogens with zero attached hydrogens (tertiary/aromatic N) is 3. The van der Waals surface area contributed by atoms with Crippen LogP contribution in [0.3, 0.4) is 0 Å². The number of hydrogen-bond acceptors (Lipinski definition) is 4. The molecule has 1 heterocycles. The third kappa shape index (κ3) is 8.35. The number of ether oxygens (including phenoxy) is 1. The second-order valence-electron chi connectivity index (χ2n) is 8.53. The van der Waals surface area contributed by atoms with E-state index in [1.54, 1.807) is 24.5 Å². The van der Waals surface area contributed by atoms with Gasteiger partial charge in [-0.05, 0) is 42.8 Å². The van der Waals surface area contributed by atoms with E-state index in [0.29, 0.717) is 5.56 Å². The molecule has 0 saturated heterocycles. The van der Waals surface area contributed by atoms with Crippen LogP contribution in [0, 0.1) is 11.3 Å². The third-order valence-corrected chi connectivity index (χ3v) is 5.88. The fourth-order valence-corrected chi connectivity index (χ4v) is 3.84. The van der Waals surface area contributed by atoms with Gasteiger partial charge in [-0.1, -0.05) is 76.8 Å². The minimum absolute atomic E-state index is 0.638. The summed E-state index contributed by atoms with van der Waals surface area (Å²) in [6, 6.07) is 17.6. The van der Waals surface area contributed by atoms with Crippen molar-refractivity contribution in [1.82, 2.24) is 9.97 Å². The van der Waals surface area contributed by atoms with E-state index in [-0.39, 0.29) is 0 Å². The predicted molar refractivity (Wildman–Crippen MR) is 135 cm³/mol. The van der Waals surface area contributed by atoms with E-state index in [1.165, 1.54) is 57.8 Å². The predicted octanol–water partition coefficient (Wildman–Crippen LogP) is 7.98. The molecule has 3 rings (SSSR count). The van der Waals surface area contributed by atoms with Crippen LogP contribution in [0.1, 0.15) is 76.7 Å². The normalized spacial score (nSPS) is 10.7. The molecular formula is C29H35N3O. The molecule has 0 fully saturated rings. The van der Waals surface area contributed by atoms with Gasteiger partial charge in [0.25, 0.3) is 0 Å². The van der Waals surface area contributed by atoms with Crippen LogP contribution in [0.2, 0.25) is 0 Å². The van der Waals surface area contributed by atoms with Crippen LogP contribution in [-0.4, -0.2) is 16.6 Å². The highest BCUT2D eigenvalue weighted by atomic mass is 16.5. The molecule has 1 aromatic heterocycles. The lowest BCUT2D eigenvalue weighted by Crippen LogP contribution is -1.97. The molecule has 0 radical (unpaired) electrons. The standard InChI is InChI=1S/C29H35N3O/c1-2-3-4-5-6-7-8-9-10-11-20-33-27-18-16-26(17-19-27)29-23-31-28(22-32-29)25-14-12-24(21-30)13-15-25/h12-19,22-23H,2-11,20H2,1H3. The fourth-order valence-electron chi connectivity index (χ4n) is 3.84. The van der Waals surface area contributed by atoms with Crippen molar-refractivity contribution >= 4 is 0 Å². The summed E-state index contributed by atoms with van der Waals surface area (Å²) < 4.78 is 5.91. The van der Waals surface area contributed by atoms with E-state index in [0.717, 1.165) is 41.3 Å². The van der Waals surface area contributed by atoms with Crippen molar-refractivity contribution in [3.63, 3.8) is 0 Å². The van der Waals surface area contributed by atoms with Crippen LogP contribution in [0.4, 0.5) is 0 Å². The molecule has 2 aromatic carbocycles. The highest BCUT2D eigenvalue weighted by molar-refractivity contribution is 5.63. The molecule has 0 aliphatic heterocycles. The van der Waals surface area contributed by atoms with Crippen LogP contribution in [-0.2, 0) is 0 Å². The van der Waals surface area contributed by atoms with Crippen molar-refractivity contribution in [2.45, 2.75) is 71.1 Å². The molecule has 0 N–H and O–H groups in total. The van der Waals surface area contributed by atoms with Crippen LogP contribution in [0.15, 0.2) is 60.9 Å². The minimum atomic E-state index is 0.638. The first kappa shape index (κ1) is 24.5. The zero-order valence-electron chi connectivity index (χ0n) is 19.8. The van der Waals surface area contributed by atoms with Gasteiger partial charge in [-0.3, -0.25) is 9.97 Å². The molecular weight excluding hydrogens is 406 g/mol. The second-order valence-corrected chi connectivity index (χ2v) is 8.53. The quantitative estimate of drug-likeness (QED) is 0.238. The van der Waals surface area contributed by atoms with Gasteiger partial charge in [0.05, 0.1) is 42.0 Å². The van der Waals surface area contributed by atoms with E-state index < -0.39 is 0 Å². The maximum Gasteiger partial charge on any atom is 0.119 e. The Hall–Kier alpha value is -3.19. The van der Waals surface area contributed by atoms with Gasteiger partial charge in [-0.25, -0.2) is 0 Å². The minimum Gasteiger partial charge on any atom is -0.494 e. The summed E-state index contributed by atoms with van der Waals surface area (Å²) in [4.78, 5) is 9.10. The summed E-state index contributed by atoms with van der Waals surface area (Å²) in [5.74, 6) is 0.900. The van der Waals surface area contributed by atoms with Crippen molar-refractivity contribution in [3.8, 4) is 34.3 Å². The Morgan fingerprint density at radius 2 is 1.15 bits per heavy atom. The van der Waals surface area contributed by atoms with Crippen molar-refractivity contribution in [2.75, 3.05) is 6.61 Å². The SMILES string of the molecule is CCCCCCCCCCCCOc1ccc(-c2cnc(-c3ccc(C#N)cc3)cn2)cc1. The van der Waals surface area contributed by atoms with E-state index in [9.17, 15) is 0 Å². The summed E-state index contributed by atoms with van der Waals surface area (Å²) >= 11 is 0. The average Bonchev–Trinajstić information content (AvgIpc) is 2.88. The second kappa shape index (κ2) is 14.1. The summed E-state index contributed by atoms with van der Waals surface area (Å²) in [6.45, 7) is 3.04. The Kier molecular flexibility index (Phi) is 10.4. The number of benzene rings is 2. The molecule has 0 aliphatic rings. The van der Waals surface area contributed by atoms with Crippen LogP contribution >= 0.6 is 0 Å². The Bertz CT molecular complexity index is 973. The van der Waals surface area contributed by atoms with Crippen LogP contribution in [0.25, 0.3) is 22.5 Å². The van der Waals surface area contributed by atoms with Gasteiger partial charge >= 0.3 is 0 Å². The molecule has 33 heavy (non-hydrogen) atoms. The largest absolute Gasteiger partial charge is 0.494 e. The van der Waals surface area contributed by atoms with Crippen LogP contribution in [0.5, 0.6) is 5.75 Å². The molecule has 0 aliphatic carbocycles. The lowest BCUT2D eigenvalue weighted by atomic mass is 10.1. The van der Waals surface area contributed by atoms with Gasteiger partial charge in [0.1, 0.15) is 5.75 Å². The smallest absolute Gasteiger partial charge is 0.119 e. The van der Waals surface area contributed by atoms with E-state index >= 15 is 0 Å². The number of unbranched alkanes of at least 4 members (excludes halogenated alkanes) is 9. The highest BCUT2D eigenvalue weighted by Crippen LogP contribution is 2.23. The summed E-state index contributed by atoms with van der Waals surface area (Å²) in [5, 5.41) is 8.92. The molecule has 3 aromatic rings. The molecule has 172 valence electrons. The zero-order valence-corrected chi connectivity index (χ0v) is 19.8. The first-order chi connectivity index (χ1) is 16.3. The summed E-state index contributed by atoms with van der Waals surface area (Å²) in [5.41, 5.74) is 4.22. The van der Waals surface area contributed by atoms with Gasteiger partial charge in [-0.2, -0.15) is 5.26 Å². The average molecular weight is 442 g/mol. The molecule has 0 unspecified atom stereocenters. The van der Waals surface area contributed by atoms with Gasteiger partial charge in [-0.15, -0.1) is 0 Å². The first-order valence-electron chi connectivity index (χ1n) is 12.4. The lowest BCUT2D eigenvalue weighted by molar-refractivity contribution is 0.304. The van der Waals surface area contributed by atoms with Gasteiger partial charge in [0.15, 0.2) is 0 Å². The van der Waals surface area contributed by atoms with Crippen molar-refractivity contribution in [2.24, 2.45) is 0 Å². The third-order valence-electron chi connectivity index (χ3n) is 5.88. The molecule has 0 saturated carbocycles. The van der Waals surface area contributed by atoms with Crippen molar-refractivity contribution in [3.05, 3.63) is 66.5 Å². The van der Waals surface area contributed by atoms with Crippen molar-refractivity contribution in [1.29, 1.82) is 5.26 Å². The number of rotatable bonds is 14.